The minimum absolute atomic E-state index is 0.0344. The molecule has 0 saturated heterocycles. The Labute approximate surface area is 328 Å². The molecule has 5 rings (SSSR count). The SMILES string of the molecule is CCOC(CN(C(=O)C(CNC(=O)OCC1c2ccccc2-c2ccccc21)(C(=O)NCCc1cccnc1)N(Cc1ccccc1)C(=O)O)C(C)C)OCC. The number of benzene rings is 3. The molecule has 1 aromatic heterocycles. The molecule has 1 unspecified atom stereocenters. The largest absolute Gasteiger partial charge is 0.465 e. The van der Waals surface area contributed by atoms with Crippen molar-refractivity contribution in [3.63, 3.8) is 0 Å². The first-order valence-corrected chi connectivity index (χ1v) is 18.9. The number of hydrogen-bond acceptors (Lipinski definition) is 8. The van der Waals surface area contributed by atoms with Gasteiger partial charge in [-0.3, -0.25) is 19.5 Å². The zero-order chi connectivity index (χ0) is 40.1. The Morgan fingerprint density at radius 1 is 0.821 bits per heavy atom. The fraction of sp³-hybridized carbons (Fsp3) is 0.372. The topological polar surface area (TPSA) is 160 Å². The molecule has 0 spiro atoms. The Morgan fingerprint density at radius 2 is 1.43 bits per heavy atom. The maximum atomic E-state index is 15.3. The van der Waals surface area contributed by atoms with Crippen LogP contribution in [-0.2, 0) is 36.8 Å². The summed E-state index contributed by atoms with van der Waals surface area (Å²) < 4.78 is 17.4. The summed E-state index contributed by atoms with van der Waals surface area (Å²) in [5.41, 5.74) is 2.93. The molecule has 1 aliphatic carbocycles. The molecule has 13 heteroatoms. The summed E-state index contributed by atoms with van der Waals surface area (Å²) in [5.74, 6) is -2.04. The van der Waals surface area contributed by atoms with Crippen molar-refractivity contribution in [3.8, 4) is 11.1 Å². The first-order chi connectivity index (χ1) is 27.1. The van der Waals surface area contributed by atoms with Gasteiger partial charge < -0.3 is 34.9 Å². The fourth-order valence-electron chi connectivity index (χ4n) is 7.03. The van der Waals surface area contributed by atoms with E-state index in [-0.39, 0.29) is 45.4 Å². The van der Waals surface area contributed by atoms with Gasteiger partial charge in [0.05, 0.1) is 19.6 Å². The second-order valence-corrected chi connectivity index (χ2v) is 13.7. The Balaban J connectivity index is 1.51. The number of fused-ring (bicyclic) bond motifs is 3. The van der Waals surface area contributed by atoms with E-state index >= 15 is 4.79 Å². The third-order valence-corrected chi connectivity index (χ3v) is 9.79. The van der Waals surface area contributed by atoms with Crippen LogP contribution in [0.15, 0.2) is 103 Å². The lowest BCUT2D eigenvalue weighted by atomic mass is 9.91. The van der Waals surface area contributed by atoms with Crippen LogP contribution in [0.5, 0.6) is 0 Å². The van der Waals surface area contributed by atoms with Crippen LogP contribution in [0.3, 0.4) is 0 Å². The molecule has 0 fully saturated rings. The van der Waals surface area contributed by atoms with Crippen molar-refractivity contribution >= 4 is 24.0 Å². The third kappa shape index (κ3) is 9.71. The number of carbonyl (C=O) groups is 4. The second-order valence-electron chi connectivity index (χ2n) is 13.7. The minimum atomic E-state index is -2.52. The zero-order valence-corrected chi connectivity index (χ0v) is 32.4. The molecule has 0 aliphatic heterocycles. The summed E-state index contributed by atoms with van der Waals surface area (Å²) in [4.78, 5) is 63.5. The van der Waals surface area contributed by atoms with E-state index in [9.17, 15) is 19.5 Å². The molecular weight excluding hydrogens is 715 g/mol. The Bertz CT molecular complexity index is 1880. The molecule has 1 aliphatic rings. The Hall–Kier alpha value is -5.79. The van der Waals surface area contributed by atoms with Gasteiger partial charge in [-0.2, -0.15) is 0 Å². The van der Waals surface area contributed by atoms with Crippen LogP contribution < -0.4 is 10.6 Å². The van der Waals surface area contributed by atoms with Crippen molar-refractivity contribution in [1.29, 1.82) is 0 Å². The number of carboxylic acid groups (broad SMARTS) is 1. The number of ether oxygens (including phenoxy) is 3. The van der Waals surface area contributed by atoms with Gasteiger partial charge in [0, 0.05) is 44.1 Å². The molecule has 1 heterocycles. The average Bonchev–Trinajstić information content (AvgIpc) is 3.52. The van der Waals surface area contributed by atoms with Crippen LogP contribution in [0, 0.1) is 0 Å². The number of hydrogen-bond donors (Lipinski definition) is 3. The van der Waals surface area contributed by atoms with E-state index in [0.717, 1.165) is 32.7 Å². The van der Waals surface area contributed by atoms with Crippen molar-refractivity contribution in [2.75, 3.05) is 39.5 Å². The minimum Gasteiger partial charge on any atom is -0.465 e. The van der Waals surface area contributed by atoms with Crippen molar-refractivity contribution < 1.29 is 38.5 Å². The van der Waals surface area contributed by atoms with Gasteiger partial charge in [-0.05, 0) is 73.6 Å². The molecule has 4 aromatic rings. The number of pyridine rings is 1. The lowest BCUT2D eigenvalue weighted by Gasteiger charge is -2.44. The van der Waals surface area contributed by atoms with Crippen LogP contribution in [-0.4, -0.2) is 101 Å². The fourth-order valence-corrected chi connectivity index (χ4v) is 7.03. The predicted molar refractivity (Wildman–Crippen MR) is 211 cm³/mol. The van der Waals surface area contributed by atoms with E-state index in [1.807, 2.05) is 54.6 Å². The van der Waals surface area contributed by atoms with Crippen LogP contribution in [0.25, 0.3) is 11.1 Å². The second kappa shape index (κ2) is 19.7. The predicted octanol–water partition coefficient (Wildman–Crippen LogP) is 5.83. The summed E-state index contributed by atoms with van der Waals surface area (Å²) in [5, 5.41) is 16.4. The summed E-state index contributed by atoms with van der Waals surface area (Å²) >= 11 is 0. The summed E-state index contributed by atoms with van der Waals surface area (Å²) in [6.07, 6.45) is 0.298. The number of amides is 4. The van der Waals surface area contributed by atoms with Gasteiger partial charge in [-0.15, -0.1) is 0 Å². The van der Waals surface area contributed by atoms with Crippen molar-refractivity contribution in [2.45, 2.75) is 64.4 Å². The van der Waals surface area contributed by atoms with Gasteiger partial charge in [-0.25, -0.2) is 9.59 Å². The van der Waals surface area contributed by atoms with Crippen LogP contribution >= 0.6 is 0 Å². The number of aromatic nitrogens is 1. The first-order valence-electron chi connectivity index (χ1n) is 18.9. The molecule has 3 N–H and O–H groups in total. The molecule has 3 aromatic carbocycles. The van der Waals surface area contributed by atoms with Gasteiger partial charge in [0.2, 0.25) is 5.54 Å². The van der Waals surface area contributed by atoms with E-state index in [1.165, 1.54) is 4.90 Å². The number of carbonyl (C=O) groups excluding carboxylic acids is 3. The van der Waals surface area contributed by atoms with E-state index in [4.69, 9.17) is 14.2 Å². The number of alkyl carbamates (subject to hydrolysis) is 1. The highest BCUT2D eigenvalue weighted by Crippen LogP contribution is 2.44. The highest BCUT2D eigenvalue weighted by molar-refractivity contribution is 6.12. The number of nitrogens with one attached hydrogen (secondary N) is 2. The van der Waals surface area contributed by atoms with Gasteiger partial charge in [-0.1, -0.05) is 84.9 Å². The zero-order valence-electron chi connectivity index (χ0n) is 32.4. The van der Waals surface area contributed by atoms with E-state index in [1.54, 1.807) is 76.5 Å². The van der Waals surface area contributed by atoms with Crippen molar-refractivity contribution in [2.24, 2.45) is 0 Å². The van der Waals surface area contributed by atoms with E-state index < -0.39 is 48.4 Å². The highest BCUT2D eigenvalue weighted by atomic mass is 16.7. The lowest BCUT2D eigenvalue weighted by Crippen LogP contribution is -2.73. The molecule has 1 atom stereocenters. The normalized spacial score (nSPS) is 13.0. The standard InChI is InChI=1S/C43H51N5O8/c1-5-54-38(55-6-2)27-47(30(3)4)40(50)43(39(49)45-24-22-31-17-14-23-44-25-31,48(42(52)53)26-32-15-8-7-9-16-32)29-46-41(51)56-28-37-35-20-12-10-18-33(35)34-19-11-13-21-36(34)37/h7-21,23,25,30,37-38H,5-6,22,24,26-29H2,1-4H3,(H,45,49)(H,46,51)(H,52,53). The van der Waals surface area contributed by atoms with Gasteiger partial charge in [0.1, 0.15) is 6.61 Å². The van der Waals surface area contributed by atoms with Crippen LogP contribution in [0.1, 0.15) is 55.9 Å². The molecular formula is C43H51N5O8. The molecule has 0 saturated carbocycles. The van der Waals surface area contributed by atoms with E-state index in [0.29, 0.717) is 12.0 Å². The summed E-state index contributed by atoms with van der Waals surface area (Å²) in [7, 11) is 0. The number of rotatable bonds is 19. The van der Waals surface area contributed by atoms with Crippen molar-refractivity contribution in [1.82, 2.24) is 25.4 Å². The monoisotopic (exact) mass is 765 g/mol. The third-order valence-electron chi connectivity index (χ3n) is 9.79. The highest BCUT2D eigenvalue weighted by Gasteiger charge is 2.56. The maximum absolute atomic E-state index is 15.3. The molecule has 0 radical (unpaired) electrons. The Morgan fingerprint density at radius 3 is 2.00 bits per heavy atom. The van der Waals surface area contributed by atoms with Gasteiger partial charge in [0.25, 0.3) is 11.8 Å². The molecule has 56 heavy (non-hydrogen) atoms. The summed E-state index contributed by atoms with van der Waals surface area (Å²) in [6.45, 7) is 6.44. The van der Waals surface area contributed by atoms with Gasteiger partial charge >= 0.3 is 12.2 Å². The van der Waals surface area contributed by atoms with Crippen molar-refractivity contribution in [3.05, 3.63) is 126 Å². The van der Waals surface area contributed by atoms with E-state index in [2.05, 4.69) is 15.6 Å². The average molecular weight is 766 g/mol. The molecule has 13 nitrogen and oxygen atoms in total. The molecule has 4 amide bonds. The molecule has 296 valence electrons. The van der Waals surface area contributed by atoms with Gasteiger partial charge in [0.15, 0.2) is 6.29 Å². The van der Waals surface area contributed by atoms with Crippen LogP contribution in [0.2, 0.25) is 0 Å². The smallest absolute Gasteiger partial charge is 0.408 e. The number of nitrogens with zero attached hydrogens (tertiary/aromatic N) is 3. The maximum Gasteiger partial charge on any atom is 0.408 e. The lowest BCUT2D eigenvalue weighted by molar-refractivity contribution is -0.171. The molecule has 0 bridgehead atoms. The quantitative estimate of drug-likeness (QED) is 0.0789. The first kappa shape index (κ1) is 41.4. The van der Waals surface area contributed by atoms with Crippen LogP contribution in [0.4, 0.5) is 9.59 Å². The summed E-state index contributed by atoms with van der Waals surface area (Å²) in [6, 6.07) is 27.5. The Kier molecular flexibility index (Phi) is 14.5.